The summed E-state index contributed by atoms with van der Waals surface area (Å²) in [5.41, 5.74) is 1.30. The minimum Gasteiger partial charge on any atom is -0.340 e. The fourth-order valence-corrected chi connectivity index (χ4v) is 5.41. The highest BCUT2D eigenvalue weighted by molar-refractivity contribution is 7.90. The molecule has 0 unspecified atom stereocenters. The van der Waals surface area contributed by atoms with Gasteiger partial charge in [-0.15, -0.1) is 0 Å². The van der Waals surface area contributed by atoms with E-state index in [2.05, 4.69) is 22.2 Å². The molecule has 1 N–H and O–H groups in total. The molecule has 1 aromatic rings. The first-order valence-electron chi connectivity index (χ1n) is 11.8. The van der Waals surface area contributed by atoms with Crippen molar-refractivity contribution in [3.63, 3.8) is 0 Å². The Hall–Kier alpha value is -1.44. The van der Waals surface area contributed by atoms with Crippen LogP contribution in [0, 0.1) is 5.92 Å². The van der Waals surface area contributed by atoms with Gasteiger partial charge in [0.15, 0.2) is 9.84 Å². The van der Waals surface area contributed by atoms with Crippen LogP contribution in [0.1, 0.15) is 56.4 Å². The molecule has 1 saturated carbocycles. The predicted molar refractivity (Wildman–Crippen MR) is 125 cm³/mol. The zero-order valence-electron chi connectivity index (χ0n) is 19.2. The molecule has 2 saturated heterocycles. The summed E-state index contributed by atoms with van der Waals surface area (Å²) in [4.78, 5) is 16.9. The summed E-state index contributed by atoms with van der Waals surface area (Å²) >= 11 is 0. The van der Waals surface area contributed by atoms with Crippen LogP contribution in [0.3, 0.4) is 0 Å². The summed E-state index contributed by atoms with van der Waals surface area (Å²) in [6, 6.07) is 7.43. The van der Waals surface area contributed by atoms with Crippen molar-refractivity contribution >= 4 is 15.7 Å². The third-order valence-corrected chi connectivity index (χ3v) is 8.02. The van der Waals surface area contributed by atoms with Crippen LogP contribution >= 0.6 is 0 Å². The summed E-state index contributed by atoms with van der Waals surface area (Å²) in [6.45, 7) is 5.89. The van der Waals surface area contributed by atoms with Crippen molar-refractivity contribution in [2.24, 2.45) is 5.92 Å². The molecule has 0 atom stereocenters. The third-order valence-electron chi connectivity index (χ3n) is 6.89. The molecule has 174 valence electrons. The summed E-state index contributed by atoms with van der Waals surface area (Å²) in [7, 11) is -0.933. The van der Waals surface area contributed by atoms with Gasteiger partial charge in [0.1, 0.15) is 0 Å². The minimum absolute atomic E-state index is 0.287. The van der Waals surface area contributed by atoms with Gasteiger partial charge in [-0.1, -0.05) is 31.4 Å². The lowest BCUT2D eigenvalue weighted by atomic mass is 9.84. The predicted octanol–water partition coefficient (Wildman–Crippen LogP) is 2.90. The summed E-state index contributed by atoms with van der Waals surface area (Å²) < 4.78 is 22.6. The lowest BCUT2D eigenvalue weighted by Gasteiger charge is -2.35. The molecule has 1 aromatic carbocycles. The molecule has 1 aliphatic carbocycles. The third kappa shape index (κ3) is 7.29. The number of carbonyl (C=O) groups excluding carboxylic acids is 1. The topological polar surface area (TPSA) is 69.7 Å². The molecule has 3 fully saturated rings. The smallest absolute Gasteiger partial charge is 0.225 e. The number of piperidine rings is 1. The van der Waals surface area contributed by atoms with E-state index in [-0.39, 0.29) is 5.92 Å². The lowest BCUT2D eigenvalue weighted by Crippen LogP contribution is -2.50. The quantitative estimate of drug-likeness (QED) is 0.768. The maximum absolute atomic E-state index is 12.1. The molecule has 0 aromatic heterocycles. The summed E-state index contributed by atoms with van der Waals surface area (Å²) in [5.74, 6) is 1.32. The van der Waals surface area contributed by atoms with E-state index >= 15 is 0 Å². The fourth-order valence-electron chi connectivity index (χ4n) is 4.78. The zero-order chi connectivity index (χ0) is 22.3. The molecule has 3 aliphatic rings. The Labute approximate surface area is 188 Å². The lowest BCUT2D eigenvalue weighted by molar-refractivity contribution is -0.137. The van der Waals surface area contributed by atoms with Gasteiger partial charge in [-0.25, -0.2) is 8.42 Å². The van der Waals surface area contributed by atoms with Gasteiger partial charge in [0.25, 0.3) is 0 Å². The number of piperazine rings is 1. The highest BCUT2D eigenvalue weighted by Crippen LogP contribution is 2.32. The average Bonchev–Trinajstić information content (AvgIpc) is 2.80. The first-order valence-corrected chi connectivity index (χ1v) is 13.7. The molecule has 31 heavy (non-hydrogen) atoms. The Morgan fingerprint density at radius 1 is 0.903 bits per heavy atom. The number of amides is 1. The fraction of sp³-hybridized carbons (Fsp3) is 0.708. The Morgan fingerprint density at radius 3 is 2.03 bits per heavy atom. The number of hydrogen-bond acceptors (Lipinski definition) is 5. The second-order valence-corrected chi connectivity index (χ2v) is 11.3. The molecule has 0 spiro atoms. The molecule has 2 heterocycles. The molecule has 2 aliphatic heterocycles. The van der Waals surface area contributed by atoms with Crippen molar-refractivity contribution in [3.05, 3.63) is 29.8 Å². The number of nitrogens with one attached hydrogen (secondary N) is 1. The molecule has 4 rings (SSSR count). The average molecular weight is 450 g/mol. The molecule has 0 radical (unpaired) electrons. The Kier molecular flexibility index (Phi) is 8.93. The van der Waals surface area contributed by atoms with Gasteiger partial charge in [-0.05, 0) is 69.4 Å². The molecule has 6 nitrogen and oxygen atoms in total. The number of hydrogen-bond donors (Lipinski definition) is 1. The minimum atomic E-state index is -3.05. The van der Waals surface area contributed by atoms with Crippen LogP contribution in [0.25, 0.3) is 0 Å². The number of nitrogens with zero attached hydrogens (tertiary/aromatic N) is 2. The first kappa shape index (κ1) is 24.2. The van der Waals surface area contributed by atoms with E-state index in [1.165, 1.54) is 43.9 Å². The standard InChI is InChI=1S/C13H18O2S.C11H21N3O/c1-16(14,15)13-9-7-12(8-10-13)11-5-3-2-4-6-11;1-13-6-8-14(9-7-13)11(15)10-2-4-12-5-3-10/h7-11H,2-6H2,1H3;10,12H,2-9H2,1H3. The van der Waals surface area contributed by atoms with Crippen molar-refractivity contribution in [1.29, 1.82) is 0 Å². The number of rotatable bonds is 3. The van der Waals surface area contributed by atoms with Gasteiger partial charge in [0, 0.05) is 38.4 Å². The molecular weight excluding hydrogens is 410 g/mol. The second-order valence-electron chi connectivity index (χ2n) is 9.33. The molecule has 7 heteroatoms. The van der Waals surface area contributed by atoms with E-state index in [1.54, 1.807) is 12.1 Å². The number of benzene rings is 1. The Morgan fingerprint density at radius 2 is 1.48 bits per heavy atom. The van der Waals surface area contributed by atoms with Crippen LogP contribution in [-0.4, -0.2) is 76.7 Å². The van der Waals surface area contributed by atoms with Crippen LogP contribution < -0.4 is 5.32 Å². The normalized spacial score (nSPS) is 21.9. The number of sulfone groups is 1. The molecule has 0 bridgehead atoms. The maximum atomic E-state index is 12.1. The summed E-state index contributed by atoms with van der Waals surface area (Å²) in [6.07, 6.45) is 9.74. The van der Waals surface area contributed by atoms with Gasteiger partial charge >= 0.3 is 0 Å². The zero-order valence-corrected chi connectivity index (χ0v) is 20.0. The van der Waals surface area contributed by atoms with Crippen LogP contribution in [0.5, 0.6) is 0 Å². The highest BCUT2D eigenvalue weighted by Gasteiger charge is 2.27. The van der Waals surface area contributed by atoms with Crippen molar-refractivity contribution < 1.29 is 13.2 Å². The van der Waals surface area contributed by atoms with Crippen molar-refractivity contribution in [2.45, 2.75) is 55.8 Å². The van der Waals surface area contributed by atoms with Crippen LogP contribution in [0.15, 0.2) is 29.2 Å². The van der Waals surface area contributed by atoms with E-state index < -0.39 is 9.84 Å². The molecular formula is C24H39N3O3S. The van der Waals surface area contributed by atoms with Crippen LogP contribution in [-0.2, 0) is 14.6 Å². The van der Waals surface area contributed by atoms with E-state index in [0.717, 1.165) is 52.1 Å². The van der Waals surface area contributed by atoms with Crippen molar-refractivity contribution in [2.75, 3.05) is 52.6 Å². The van der Waals surface area contributed by atoms with Gasteiger partial charge in [0.05, 0.1) is 4.90 Å². The van der Waals surface area contributed by atoms with Crippen LogP contribution in [0.4, 0.5) is 0 Å². The highest BCUT2D eigenvalue weighted by atomic mass is 32.2. The van der Waals surface area contributed by atoms with Gasteiger partial charge in [-0.2, -0.15) is 0 Å². The first-order chi connectivity index (χ1) is 14.8. The molecule has 1 amide bonds. The summed E-state index contributed by atoms with van der Waals surface area (Å²) in [5, 5.41) is 3.30. The van der Waals surface area contributed by atoms with Crippen molar-refractivity contribution in [3.8, 4) is 0 Å². The van der Waals surface area contributed by atoms with E-state index in [1.807, 2.05) is 12.1 Å². The SMILES string of the molecule is CN1CCN(C(=O)C2CCNCC2)CC1.CS(=O)(=O)c1ccc(C2CCCCC2)cc1. The number of carbonyl (C=O) groups is 1. The number of likely N-dealkylation sites (N-methyl/N-ethyl adjacent to an activating group) is 1. The Balaban J connectivity index is 0.000000176. The second kappa shape index (κ2) is 11.4. The largest absolute Gasteiger partial charge is 0.340 e. The van der Waals surface area contributed by atoms with E-state index in [9.17, 15) is 13.2 Å². The van der Waals surface area contributed by atoms with Gasteiger partial charge < -0.3 is 15.1 Å². The Bertz CT molecular complexity index is 790. The monoisotopic (exact) mass is 449 g/mol. The van der Waals surface area contributed by atoms with Crippen LogP contribution in [0.2, 0.25) is 0 Å². The van der Waals surface area contributed by atoms with Gasteiger partial charge in [-0.3, -0.25) is 4.79 Å². The van der Waals surface area contributed by atoms with E-state index in [0.29, 0.717) is 16.7 Å². The maximum Gasteiger partial charge on any atom is 0.225 e. The van der Waals surface area contributed by atoms with E-state index in [4.69, 9.17) is 0 Å². The van der Waals surface area contributed by atoms with Crippen molar-refractivity contribution in [1.82, 2.24) is 15.1 Å². The van der Waals surface area contributed by atoms with Gasteiger partial charge in [0.2, 0.25) is 5.91 Å².